The van der Waals surface area contributed by atoms with Crippen LogP contribution in [0.1, 0.15) is 11.1 Å². The van der Waals surface area contributed by atoms with Crippen LogP contribution in [0.2, 0.25) is 0 Å². The Morgan fingerprint density at radius 1 is 1.07 bits per heavy atom. The summed E-state index contributed by atoms with van der Waals surface area (Å²) in [5.41, 5.74) is 4.58. The SMILES string of the molecule is Fc1ccc2c(c1)Cc1cnccc1-2. The van der Waals surface area contributed by atoms with E-state index in [1.807, 2.05) is 18.3 Å². The zero-order valence-corrected chi connectivity index (χ0v) is 7.50. The molecular formula is C12H8FN. The normalized spacial score (nSPS) is 12.4. The van der Waals surface area contributed by atoms with Gasteiger partial charge in [-0.05, 0) is 40.5 Å². The van der Waals surface area contributed by atoms with E-state index in [0.29, 0.717) is 0 Å². The van der Waals surface area contributed by atoms with Gasteiger partial charge in [0.2, 0.25) is 0 Å². The standard InChI is InChI=1S/C12H8FN/c13-10-1-2-11-8(6-10)5-9-7-14-4-3-12(9)11/h1-4,6-7H,5H2. The molecule has 68 valence electrons. The average molecular weight is 185 g/mol. The van der Waals surface area contributed by atoms with E-state index in [-0.39, 0.29) is 5.82 Å². The number of benzene rings is 1. The number of halogens is 1. The predicted molar refractivity (Wildman–Crippen MR) is 52.4 cm³/mol. The monoisotopic (exact) mass is 185 g/mol. The Morgan fingerprint density at radius 3 is 2.86 bits per heavy atom. The van der Waals surface area contributed by atoms with Gasteiger partial charge in [0, 0.05) is 18.8 Å². The summed E-state index contributed by atoms with van der Waals surface area (Å²) >= 11 is 0. The number of nitrogens with zero attached hydrogens (tertiary/aromatic N) is 1. The van der Waals surface area contributed by atoms with Crippen LogP contribution >= 0.6 is 0 Å². The molecule has 0 radical (unpaired) electrons. The van der Waals surface area contributed by atoms with Gasteiger partial charge >= 0.3 is 0 Å². The zero-order valence-electron chi connectivity index (χ0n) is 7.50. The lowest BCUT2D eigenvalue weighted by atomic mass is 10.1. The molecule has 0 saturated carbocycles. The van der Waals surface area contributed by atoms with E-state index in [9.17, 15) is 4.39 Å². The Kier molecular flexibility index (Phi) is 1.45. The van der Waals surface area contributed by atoms with Crippen molar-refractivity contribution >= 4 is 0 Å². The summed E-state index contributed by atoms with van der Waals surface area (Å²) < 4.78 is 13.0. The number of pyridine rings is 1. The highest BCUT2D eigenvalue weighted by molar-refractivity contribution is 5.75. The first kappa shape index (κ1) is 7.68. The summed E-state index contributed by atoms with van der Waals surface area (Å²) in [5, 5.41) is 0. The Labute approximate surface area is 81.2 Å². The highest BCUT2D eigenvalue weighted by Crippen LogP contribution is 2.35. The summed E-state index contributed by atoms with van der Waals surface area (Å²) in [4.78, 5) is 4.07. The third-order valence-corrected chi connectivity index (χ3v) is 2.64. The molecule has 0 N–H and O–H groups in total. The molecule has 0 unspecified atom stereocenters. The second-order valence-electron chi connectivity index (χ2n) is 3.51. The van der Waals surface area contributed by atoms with Crippen LogP contribution in [-0.2, 0) is 6.42 Å². The van der Waals surface area contributed by atoms with E-state index in [0.717, 1.165) is 17.5 Å². The minimum Gasteiger partial charge on any atom is -0.264 e. The summed E-state index contributed by atoms with van der Waals surface area (Å²) in [6.45, 7) is 0. The second kappa shape index (κ2) is 2.64. The predicted octanol–water partition coefficient (Wildman–Crippen LogP) is 2.79. The number of hydrogen-bond acceptors (Lipinski definition) is 1. The summed E-state index contributed by atoms with van der Waals surface area (Å²) in [6, 6.07) is 6.94. The topological polar surface area (TPSA) is 12.9 Å². The van der Waals surface area contributed by atoms with Crippen molar-refractivity contribution in [1.29, 1.82) is 0 Å². The maximum Gasteiger partial charge on any atom is 0.123 e. The van der Waals surface area contributed by atoms with Crippen molar-refractivity contribution in [2.24, 2.45) is 0 Å². The van der Waals surface area contributed by atoms with Gasteiger partial charge < -0.3 is 0 Å². The fraction of sp³-hybridized carbons (Fsp3) is 0.0833. The molecule has 0 spiro atoms. The van der Waals surface area contributed by atoms with Crippen molar-refractivity contribution in [2.45, 2.75) is 6.42 Å². The van der Waals surface area contributed by atoms with Crippen molar-refractivity contribution in [3.63, 3.8) is 0 Å². The summed E-state index contributed by atoms with van der Waals surface area (Å²) in [6.07, 6.45) is 4.43. The quantitative estimate of drug-likeness (QED) is 0.524. The van der Waals surface area contributed by atoms with Gasteiger partial charge in [-0.1, -0.05) is 6.07 Å². The van der Waals surface area contributed by atoms with Gasteiger partial charge in [-0.2, -0.15) is 0 Å². The maximum absolute atomic E-state index is 13.0. The third kappa shape index (κ3) is 0.970. The van der Waals surface area contributed by atoms with Crippen molar-refractivity contribution < 1.29 is 4.39 Å². The highest BCUT2D eigenvalue weighted by Gasteiger charge is 2.17. The van der Waals surface area contributed by atoms with Crippen LogP contribution in [0.15, 0.2) is 36.7 Å². The van der Waals surface area contributed by atoms with Crippen LogP contribution in [0.25, 0.3) is 11.1 Å². The van der Waals surface area contributed by atoms with Crippen molar-refractivity contribution in [3.8, 4) is 11.1 Å². The minimum absolute atomic E-state index is 0.162. The molecule has 2 heteroatoms. The Balaban J connectivity index is 2.27. The molecular weight excluding hydrogens is 177 g/mol. The molecule has 1 aliphatic rings. The summed E-state index contributed by atoms with van der Waals surface area (Å²) in [7, 11) is 0. The molecule has 1 aromatic heterocycles. The van der Waals surface area contributed by atoms with Crippen LogP contribution in [0.5, 0.6) is 0 Å². The van der Waals surface area contributed by atoms with E-state index >= 15 is 0 Å². The fourth-order valence-electron chi connectivity index (χ4n) is 2.01. The largest absolute Gasteiger partial charge is 0.264 e. The first-order valence-corrected chi connectivity index (χ1v) is 4.56. The van der Waals surface area contributed by atoms with Gasteiger partial charge in [-0.3, -0.25) is 4.98 Å². The van der Waals surface area contributed by atoms with Gasteiger partial charge in [0.05, 0.1) is 0 Å². The molecule has 1 heterocycles. The molecule has 0 amide bonds. The molecule has 1 nitrogen and oxygen atoms in total. The highest BCUT2D eigenvalue weighted by atomic mass is 19.1. The molecule has 0 bridgehead atoms. The average Bonchev–Trinajstić information content (AvgIpc) is 2.54. The smallest absolute Gasteiger partial charge is 0.123 e. The van der Waals surface area contributed by atoms with Gasteiger partial charge in [0.15, 0.2) is 0 Å². The number of aromatic nitrogens is 1. The lowest BCUT2D eigenvalue weighted by molar-refractivity contribution is 0.626. The van der Waals surface area contributed by atoms with E-state index in [1.54, 1.807) is 12.3 Å². The maximum atomic E-state index is 13.0. The fourth-order valence-corrected chi connectivity index (χ4v) is 2.01. The van der Waals surface area contributed by atoms with E-state index in [4.69, 9.17) is 0 Å². The first-order valence-electron chi connectivity index (χ1n) is 4.56. The molecule has 2 aromatic rings. The van der Waals surface area contributed by atoms with Crippen LogP contribution in [0, 0.1) is 5.82 Å². The molecule has 14 heavy (non-hydrogen) atoms. The number of rotatable bonds is 0. The van der Waals surface area contributed by atoms with Gasteiger partial charge in [0.25, 0.3) is 0 Å². The molecule has 0 atom stereocenters. The number of fused-ring (bicyclic) bond motifs is 3. The Bertz CT molecular complexity index is 505. The Hall–Kier alpha value is -1.70. The lowest BCUT2D eigenvalue weighted by Crippen LogP contribution is -1.81. The minimum atomic E-state index is -0.162. The van der Waals surface area contributed by atoms with Crippen LogP contribution in [0.4, 0.5) is 4.39 Å². The van der Waals surface area contributed by atoms with E-state index < -0.39 is 0 Å². The van der Waals surface area contributed by atoms with Crippen molar-refractivity contribution in [2.75, 3.05) is 0 Å². The number of hydrogen-bond donors (Lipinski definition) is 0. The summed E-state index contributed by atoms with van der Waals surface area (Å²) in [5.74, 6) is -0.162. The van der Waals surface area contributed by atoms with E-state index in [1.165, 1.54) is 17.2 Å². The second-order valence-corrected chi connectivity index (χ2v) is 3.51. The van der Waals surface area contributed by atoms with E-state index in [2.05, 4.69) is 4.98 Å². The van der Waals surface area contributed by atoms with Crippen LogP contribution in [-0.4, -0.2) is 4.98 Å². The molecule has 1 aromatic carbocycles. The first-order chi connectivity index (χ1) is 6.84. The molecule has 1 aliphatic carbocycles. The Morgan fingerprint density at radius 2 is 1.93 bits per heavy atom. The third-order valence-electron chi connectivity index (χ3n) is 2.64. The van der Waals surface area contributed by atoms with Crippen LogP contribution in [0.3, 0.4) is 0 Å². The van der Waals surface area contributed by atoms with Gasteiger partial charge in [0.1, 0.15) is 5.82 Å². The lowest BCUT2D eigenvalue weighted by Gasteiger charge is -1.98. The van der Waals surface area contributed by atoms with Crippen molar-refractivity contribution in [3.05, 3.63) is 53.6 Å². The van der Waals surface area contributed by atoms with Gasteiger partial charge in [-0.15, -0.1) is 0 Å². The molecule has 0 saturated heterocycles. The molecule has 3 rings (SSSR count). The van der Waals surface area contributed by atoms with Crippen molar-refractivity contribution in [1.82, 2.24) is 4.98 Å². The zero-order chi connectivity index (χ0) is 9.54. The van der Waals surface area contributed by atoms with Gasteiger partial charge in [-0.25, -0.2) is 4.39 Å². The molecule has 0 aliphatic heterocycles. The van der Waals surface area contributed by atoms with Crippen LogP contribution < -0.4 is 0 Å². The molecule has 0 fully saturated rings.